The number of morpholine rings is 1. The largest absolute Gasteiger partial charge is 0.488 e. The zero-order valence-corrected chi connectivity index (χ0v) is 14.6. The van der Waals surface area contributed by atoms with Crippen molar-refractivity contribution in [1.82, 2.24) is 4.90 Å². The molecule has 2 aliphatic heterocycles. The Hall–Kier alpha value is -0.580. The molecule has 116 valence electrons. The maximum Gasteiger partial charge on any atom is 0.123 e. The van der Waals surface area contributed by atoms with Crippen molar-refractivity contribution in [2.24, 2.45) is 0 Å². The molecule has 1 aromatic rings. The predicted octanol–water partition coefficient (Wildman–Crippen LogP) is 3.17. The van der Waals surface area contributed by atoms with E-state index < -0.39 is 0 Å². The highest BCUT2D eigenvalue weighted by molar-refractivity contribution is 9.09. The molecule has 1 aromatic carbocycles. The van der Waals surface area contributed by atoms with E-state index in [1.165, 1.54) is 11.1 Å². The number of alkyl halides is 1. The molecule has 0 bridgehead atoms. The van der Waals surface area contributed by atoms with Crippen molar-refractivity contribution in [1.29, 1.82) is 0 Å². The van der Waals surface area contributed by atoms with Crippen LogP contribution in [0.25, 0.3) is 0 Å². The Kier molecular flexibility index (Phi) is 4.30. The van der Waals surface area contributed by atoms with Gasteiger partial charge in [0, 0.05) is 31.4 Å². The summed E-state index contributed by atoms with van der Waals surface area (Å²) in [5.41, 5.74) is 2.58. The maximum absolute atomic E-state index is 6.11. The number of ether oxygens (including phenoxy) is 2. The van der Waals surface area contributed by atoms with Gasteiger partial charge in [-0.05, 0) is 32.4 Å². The van der Waals surface area contributed by atoms with Crippen molar-refractivity contribution in [2.45, 2.75) is 45.0 Å². The molecular formula is C17H24BrNO2. The van der Waals surface area contributed by atoms with Crippen LogP contribution in [0.5, 0.6) is 5.75 Å². The van der Waals surface area contributed by atoms with Gasteiger partial charge in [0.25, 0.3) is 0 Å². The molecular weight excluding hydrogens is 330 g/mol. The first-order valence-corrected chi connectivity index (χ1v) is 8.80. The normalized spacial score (nSPS) is 28.2. The first-order chi connectivity index (χ1) is 9.95. The molecule has 4 heteroatoms. The molecule has 2 unspecified atom stereocenters. The van der Waals surface area contributed by atoms with Crippen LogP contribution < -0.4 is 4.74 Å². The van der Waals surface area contributed by atoms with Gasteiger partial charge in [-0.2, -0.15) is 0 Å². The van der Waals surface area contributed by atoms with Gasteiger partial charge in [0.2, 0.25) is 0 Å². The lowest BCUT2D eigenvalue weighted by Crippen LogP contribution is -2.55. The van der Waals surface area contributed by atoms with E-state index in [0.29, 0.717) is 0 Å². The van der Waals surface area contributed by atoms with Crippen LogP contribution in [0.2, 0.25) is 0 Å². The van der Waals surface area contributed by atoms with Crippen molar-refractivity contribution >= 4 is 15.9 Å². The van der Waals surface area contributed by atoms with Crippen LogP contribution in [-0.2, 0) is 11.2 Å². The maximum atomic E-state index is 6.11. The number of rotatable bonds is 3. The average Bonchev–Trinajstić information content (AvgIpc) is 2.77. The van der Waals surface area contributed by atoms with Gasteiger partial charge >= 0.3 is 0 Å². The number of benzene rings is 1. The minimum atomic E-state index is -0.0846. The molecule has 0 aliphatic carbocycles. The number of hydrogen-bond acceptors (Lipinski definition) is 3. The molecule has 0 amide bonds. The van der Waals surface area contributed by atoms with Crippen LogP contribution >= 0.6 is 15.9 Å². The molecule has 1 saturated heterocycles. The lowest BCUT2D eigenvalue weighted by atomic mass is 10.0. The quantitative estimate of drug-likeness (QED) is 0.779. The molecule has 0 radical (unpaired) electrons. The minimum absolute atomic E-state index is 0.0846. The SMILES string of the molecule is Cc1ccc2c(c1)CC(CN1CC(CBr)OC(C)(C)C1)O2. The monoisotopic (exact) mass is 353 g/mol. The first-order valence-electron chi connectivity index (χ1n) is 7.67. The van der Waals surface area contributed by atoms with Crippen LogP contribution in [-0.4, -0.2) is 47.7 Å². The van der Waals surface area contributed by atoms with E-state index in [-0.39, 0.29) is 17.8 Å². The second kappa shape index (κ2) is 5.90. The summed E-state index contributed by atoms with van der Waals surface area (Å²) in [6.45, 7) is 9.39. The van der Waals surface area contributed by atoms with Crippen molar-refractivity contribution in [3.05, 3.63) is 29.3 Å². The molecule has 2 heterocycles. The van der Waals surface area contributed by atoms with Gasteiger partial charge in [-0.15, -0.1) is 0 Å². The van der Waals surface area contributed by atoms with Gasteiger partial charge in [-0.1, -0.05) is 33.6 Å². The Balaban J connectivity index is 1.63. The standard InChI is InChI=1S/C17H24BrNO2/c1-12-4-5-16-13(6-12)7-14(20-16)9-19-10-15(8-18)21-17(2,3)11-19/h4-6,14-15H,7-11H2,1-3H3. The van der Waals surface area contributed by atoms with Gasteiger partial charge in [0.1, 0.15) is 11.9 Å². The van der Waals surface area contributed by atoms with Gasteiger partial charge in [-0.3, -0.25) is 4.90 Å². The van der Waals surface area contributed by atoms with Crippen molar-refractivity contribution < 1.29 is 9.47 Å². The summed E-state index contributed by atoms with van der Waals surface area (Å²) in [5.74, 6) is 1.06. The highest BCUT2D eigenvalue weighted by Crippen LogP contribution is 2.31. The third-order valence-electron chi connectivity index (χ3n) is 4.14. The molecule has 21 heavy (non-hydrogen) atoms. The van der Waals surface area contributed by atoms with Crippen molar-refractivity contribution in [2.75, 3.05) is 25.0 Å². The lowest BCUT2D eigenvalue weighted by Gasteiger charge is -2.43. The van der Waals surface area contributed by atoms with E-state index in [1.807, 2.05) is 0 Å². The Labute approximate surface area is 135 Å². The molecule has 0 saturated carbocycles. The van der Waals surface area contributed by atoms with E-state index in [9.17, 15) is 0 Å². The molecule has 2 atom stereocenters. The minimum Gasteiger partial charge on any atom is -0.488 e. The zero-order chi connectivity index (χ0) is 15.0. The number of halogens is 1. The van der Waals surface area contributed by atoms with Gasteiger partial charge in [0.05, 0.1) is 11.7 Å². The second-order valence-electron chi connectivity index (χ2n) is 6.90. The third-order valence-corrected chi connectivity index (χ3v) is 4.87. The van der Waals surface area contributed by atoms with Crippen LogP contribution in [0.15, 0.2) is 18.2 Å². The topological polar surface area (TPSA) is 21.7 Å². The molecule has 3 rings (SSSR count). The fourth-order valence-electron chi connectivity index (χ4n) is 3.48. The van der Waals surface area contributed by atoms with Crippen LogP contribution in [0, 0.1) is 6.92 Å². The summed E-state index contributed by atoms with van der Waals surface area (Å²) >= 11 is 3.55. The van der Waals surface area contributed by atoms with Crippen molar-refractivity contribution in [3.63, 3.8) is 0 Å². The predicted molar refractivity (Wildman–Crippen MR) is 88.5 cm³/mol. The van der Waals surface area contributed by atoms with Gasteiger partial charge < -0.3 is 9.47 Å². The summed E-state index contributed by atoms with van der Waals surface area (Å²) in [7, 11) is 0. The average molecular weight is 354 g/mol. The number of fused-ring (bicyclic) bond motifs is 1. The van der Waals surface area contributed by atoms with Gasteiger partial charge in [-0.25, -0.2) is 0 Å². The Morgan fingerprint density at radius 3 is 2.90 bits per heavy atom. The Morgan fingerprint density at radius 2 is 2.14 bits per heavy atom. The van der Waals surface area contributed by atoms with Crippen LogP contribution in [0.3, 0.4) is 0 Å². The fourth-order valence-corrected chi connectivity index (χ4v) is 3.81. The molecule has 0 aromatic heterocycles. The second-order valence-corrected chi connectivity index (χ2v) is 7.55. The van der Waals surface area contributed by atoms with Crippen LogP contribution in [0.1, 0.15) is 25.0 Å². The smallest absolute Gasteiger partial charge is 0.123 e. The van der Waals surface area contributed by atoms with E-state index in [2.05, 4.69) is 59.8 Å². The van der Waals surface area contributed by atoms with E-state index >= 15 is 0 Å². The van der Waals surface area contributed by atoms with Crippen LogP contribution in [0.4, 0.5) is 0 Å². The summed E-state index contributed by atoms with van der Waals surface area (Å²) in [5, 5.41) is 0.887. The van der Waals surface area contributed by atoms with E-state index in [0.717, 1.165) is 37.1 Å². The summed E-state index contributed by atoms with van der Waals surface area (Å²) < 4.78 is 12.2. The zero-order valence-electron chi connectivity index (χ0n) is 13.1. The first kappa shape index (κ1) is 15.3. The summed E-state index contributed by atoms with van der Waals surface area (Å²) in [4.78, 5) is 2.48. The van der Waals surface area contributed by atoms with E-state index in [1.54, 1.807) is 0 Å². The molecule has 2 aliphatic rings. The lowest BCUT2D eigenvalue weighted by molar-refractivity contribution is -0.130. The number of nitrogens with zero attached hydrogens (tertiary/aromatic N) is 1. The summed E-state index contributed by atoms with van der Waals surface area (Å²) in [6, 6.07) is 6.48. The molecule has 0 N–H and O–H groups in total. The Bertz CT molecular complexity index is 518. The molecule has 1 fully saturated rings. The van der Waals surface area contributed by atoms with E-state index in [4.69, 9.17) is 9.47 Å². The molecule has 0 spiro atoms. The number of aryl methyl sites for hydroxylation is 1. The summed E-state index contributed by atoms with van der Waals surface area (Å²) in [6.07, 6.45) is 1.56. The Morgan fingerprint density at radius 1 is 1.33 bits per heavy atom. The highest BCUT2D eigenvalue weighted by atomic mass is 79.9. The third kappa shape index (κ3) is 3.61. The molecule has 3 nitrogen and oxygen atoms in total. The van der Waals surface area contributed by atoms with Gasteiger partial charge in [0.15, 0.2) is 0 Å². The fraction of sp³-hybridized carbons (Fsp3) is 0.647. The number of hydrogen-bond donors (Lipinski definition) is 0. The highest BCUT2D eigenvalue weighted by Gasteiger charge is 2.35. The van der Waals surface area contributed by atoms with Crippen molar-refractivity contribution in [3.8, 4) is 5.75 Å².